The summed E-state index contributed by atoms with van der Waals surface area (Å²) in [6.45, 7) is 3.31. The first-order valence-electron chi connectivity index (χ1n) is 7.28. The van der Waals surface area contributed by atoms with E-state index >= 15 is 0 Å². The maximum Gasteiger partial charge on any atom is 0.191 e. The lowest BCUT2D eigenvalue weighted by atomic mass is 10.2. The lowest BCUT2D eigenvalue weighted by Gasteiger charge is -2.14. The number of nitrogens with one attached hydrogen (secondary N) is 2. The fourth-order valence-corrected chi connectivity index (χ4v) is 3.00. The lowest BCUT2D eigenvalue weighted by molar-refractivity contribution is 0.184. The topological polar surface area (TPSA) is 56.7 Å². The number of aliphatic hydroxyl groups is 1. The molecule has 1 heterocycles. The normalized spacial score (nSPS) is 12.4. The molecule has 0 bridgehead atoms. The van der Waals surface area contributed by atoms with E-state index < -0.39 is 6.10 Å². The minimum atomic E-state index is -0.662. The molecule has 0 aliphatic carbocycles. The minimum absolute atomic E-state index is 0. The summed E-state index contributed by atoms with van der Waals surface area (Å²) in [6.07, 6.45) is -0.662. The molecule has 0 spiro atoms. The smallest absolute Gasteiger partial charge is 0.191 e. The number of aliphatic hydroxyl groups excluding tert-OH is 1. The minimum Gasteiger partial charge on any atom is -0.386 e. The van der Waals surface area contributed by atoms with Gasteiger partial charge >= 0.3 is 0 Å². The Morgan fingerprint density at radius 3 is 2.75 bits per heavy atom. The van der Waals surface area contributed by atoms with Gasteiger partial charge in [0, 0.05) is 18.0 Å². The van der Waals surface area contributed by atoms with Crippen LogP contribution in [0.3, 0.4) is 0 Å². The van der Waals surface area contributed by atoms with E-state index in [0.717, 1.165) is 10.4 Å². The molecule has 0 saturated heterocycles. The first-order chi connectivity index (χ1) is 11.1. The quantitative estimate of drug-likeness (QED) is 0.331. The van der Waals surface area contributed by atoms with Crippen molar-refractivity contribution in [3.63, 3.8) is 0 Å². The van der Waals surface area contributed by atoms with Gasteiger partial charge in [-0.25, -0.2) is 9.38 Å². The monoisotopic (exact) mass is 483 g/mol. The van der Waals surface area contributed by atoms with Crippen LogP contribution in [0, 0.1) is 5.82 Å². The highest BCUT2D eigenvalue weighted by Crippen LogP contribution is 2.26. The largest absolute Gasteiger partial charge is 0.386 e. The van der Waals surface area contributed by atoms with Crippen LogP contribution in [0.1, 0.15) is 23.5 Å². The zero-order valence-corrected chi connectivity index (χ0v) is 17.0. The number of aliphatic imine (C=N–C) groups is 1. The van der Waals surface area contributed by atoms with Crippen molar-refractivity contribution in [2.45, 2.75) is 19.6 Å². The maximum absolute atomic E-state index is 13.2. The van der Waals surface area contributed by atoms with E-state index in [1.807, 2.05) is 13.0 Å². The summed E-state index contributed by atoms with van der Waals surface area (Å²) < 4.78 is 13.8. The molecule has 2 rings (SSSR count). The van der Waals surface area contributed by atoms with Crippen molar-refractivity contribution in [3.05, 3.63) is 57.0 Å². The van der Waals surface area contributed by atoms with E-state index in [1.165, 1.54) is 23.5 Å². The second-order valence-corrected chi connectivity index (χ2v) is 6.61. The fraction of sp³-hybridized carbons (Fsp3) is 0.312. The Hall–Kier alpha value is -0.900. The van der Waals surface area contributed by atoms with Crippen LogP contribution in [0.2, 0.25) is 4.34 Å². The number of benzene rings is 1. The second kappa shape index (κ2) is 10.9. The first kappa shape index (κ1) is 21.1. The molecule has 0 aliphatic heterocycles. The van der Waals surface area contributed by atoms with Crippen LogP contribution in [-0.2, 0) is 6.54 Å². The molecule has 0 amide bonds. The van der Waals surface area contributed by atoms with Crippen LogP contribution in [0.5, 0.6) is 0 Å². The summed E-state index contributed by atoms with van der Waals surface area (Å²) in [6, 6.07) is 9.89. The highest BCUT2D eigenvalue weighted by atomic mass is 127. The van der Waals surface area contributed by atoms with Gasteiger partial charge in [-0.3, -0.25) is 0 Å². The van der Waals surface area contributed by atoms with Crippen molar-refractivity contribution < 1.29 is 9.50 Å². The Bertz CT molecular complexity index is 668. The first-order valence-corrected chi connectivity index (χ1v) is 8.48. The van der Waals surface area contributed by atoms with Gasteiger partial charge in [-0.1, -0.05) is 23.7 Å². The number of nitrogens with zero attached hydrogens (tertiary/aromatic N) is 1. The Morgan fingerprint density at radius 2 is 2.12 bits per heavy atom. The third-order valence-corrected chi connectivity index (χ3v) is 4.37. The molecule has 1 aromatic heterocycles. The zero-order chi connectivity index (χ0) is 16.7. The summed E-state index contributed by atoms with van der Waals surface area (Å²) in [5.74, 6) is 0.291. The Kier molecular flexibility index (Phi) is 9.57. The molecule has 2 aromatic rings. The molecule has 0 fully saturated rings. The molecule has 8 heteroatoms. The van der Waals surface area contributed by atoms with Crippen LogP contribution < -0.4 is 10.6 Å². The van der Waals surface area contributed by atoms with E-state index in [1.54, 1.807) is 18.2 Å². The van der Waals surface area contributed by atoms with Crippen molar-refractivity contribution >= 4 is 52.9 Å². The summed E-state index contributed by atoms with van der Waals surface area (Å²) in [7, 11) is 0. The van der Waals surface area contributed by atoms with Crippen molar-refractivity contribution in [3.8, 4) is 0 Å². The molecular formula is C16H20ClFIN3OS. The van der Waals surface area contributed by atoms with Gasteiger partial charge in [-0.15, -0.1) is 35.3 Å². The Balaban J connectivity index is 0.00000288. The van der Waals surface area contributed by atoms with Crippen molar-refractivity contribution in [1.82, 2.24) is 10.6 Å². The van der Waals surface area contributed by atoms with Gasteiger partial charge in [0.05, 0.1) is 10.9 Å². The number of guanidine groups is 1. The molecule has 1 unspecified atom stereocenters. The molecule has 132 valence electrons. The molecule has 0 radical (unpaired) electrons. The number of halogens is 3. The van der Waals surface area contributed by atoms with Crippen LogP contribution in [0.4, 0.5) is 4.39 Å². The van der Waals surface area contributed by atoms with E-state index in [9.17, 15) is 9.50 Å². The summed E-state index contributed by atoms with van der Waals surface area (Å²) in [5.41, 5.74) is 0.785. The summed E-state index contributed by atoms with van der Waals surface area (Å²) in [4.78, 5) is 5.18. The van der Waals surface area contributed by atoms with Crippen LogP contribution in [-0.4, -0.2) is 24.2 Å². The number of hydrogen-bond donors (Lipinski definition) is 3. The molecule has 4 nitrogen and oxygen atoms in total. The van der Waals surface area contributed by atoms with Gasteiger partial charge in [0.2, 0.25) is 0 Å². The zero-order valence-electron chi connectivity index (χ0n) is 13.1. The molecular weight excluding hydrogens is 464 g/mol. The van der Waals surface area contributed by atoms with Crippen molar-refractivity contribution in [1.29, 1.82) is 0 Å². The molecule has 0 aliphatic rings. The van der Waals surface area contributed by atoms with Gasteiger partial charge in [0.25, 0.3) is 0 Å². The average molecular weight is 484 g/mol. The predicted molar refractivity (Wildman–Crippen MR) is 109 cm³/mol. The highest BCUT2D eigenvalue weighted by molar-refractivity contribution is 14.0. The number of thiophene rings is 1. The number of hydrogen-bond acceptors (Lipinski definition) is 3. The van der Waals surface area contributed by atoms with E-state index in [4.69, 9.17) is 11.6 Å². The van der Waals surface area contributed by atoms with Gasteiger partial charge in [-0.05, 0) is 36.8 Å². The third kappa shape index (κ3) is 6.92. The van der Waals surface area contributed by atoms with E-state index in [2.05, 4.69) is 15.6 Å². The molecule has 3 N–H and O–H groups in total. The standard InChI is InChI=1S/C16H19ClFN3OS.HI/c1-2-19-16(20-9-11-4-3-5-12(18)8-11)21-10-13(22)14-6-7-15(17)23-14;/h3-8,13,22H,2,9-10H2,1H3,(H2,19,20,21);1H. The van der Waals surface area contributed by atoms with E-state index in [0.29, 0.717) is 29.9 Å². The lowest BCUT2D eigenvalue weighted by Crippen LogP contribution is -2.39. The van der Waals surface area contributed by atoms with Crippen LogP contribution in [0.25, 0.3) is 0 Å². The summed E-state index contributed by atoms with van der Waals surface area (Å²) in [5, 5.41) is 16.3. The third-order valence-electron chi connectivity index (χ3n) is 3.04. The number of rotatable bonds is 6. The van der Waals surface area contributed by atoms with Crippen molar-refractivity contribution in [2.75, 3.05) is 13.1 Å². The molecule has 24 heavy (non-hydrogen) atoms. The van der Waals surface area contributed by atoms with Gasteiger partial charge in [-0.2, -0.15) is 0 Å². The Labute approximate surface area is 167 Å². The average Bonchev–Trinajstić information content (AvgIpc) is 2.96. The molecule has 1 aromatic carbocycles. The SMILES string of the molecule is CCNC(=NCc1cccc(F)c1)NCC(O)c1ccc(Cl)s1.I. The highest BCUT2D eigenvalue weighted by Gasteiger charge is 2.10. The van der Waals surface area contributed by atoms with Gasteiger partial charge in [0.15, 0.2) is 5.96 Å². The van der Waals surface area contributed by atoms with Gasteiger partial charge < -0.3 is 15.7 Å². The molecule has 0 saturated carbocycles. The van der Waals surface area contributed by atoms with Gasteiger partial charge in [0.1, 0.15) is 11.9 Å². The van der Waals surface area contributed by atoms with E-state index in [-0.39, 0.29) is 29.8 Å². The predicted octanol–water partition coefficient (Wildman–Crippen LogP) is 3.95. The second-order valence-electron chi connectivity index (χ2n) is 4.86. The van der Waals surface area contributed by atoms with Crippen LogP contribution >= 0.6 is 46.9 Å². The molecule has 1 atom stereocenters. The van der Waals surface area contributed by atoms with Crippen LogP contribution in [0.15, 0.2) is 41.4 Å². The summed E-state index contributed by atoms with van der Waals surface area (Å²) >= 11 is 7.21. The maximum atomic E-state index is 13.2. The fourth-order valence-electron chi connectivity index (χ4n) is 1.95. The van der Waals surface area contributed by atoms with Crippen molar-refractivity contribution in [2.24, 2.45) is 4.99 Å². The Morgan fingerprint density at radius 1 is 1.33 bits per heavy atom.